The summed E-state index contributed by atoms with van der Waals surface area (Å²) in [5, 5.41) is 0. The van der Waals surface area contributed by atoms with Gasteiger partial charge in [0.1, 0.15) is 0 Å². The van der Waals surface area contributed by atoms with Crippen LogP contribution in [0, 0.1) is 0 Å². The maximum absolute atomic E-state index is 12.6. The number of benzene rings is 1. The molecule has 0 aliphatic heterocycles. The molecule has 19 heavy (non-hydrogen) atoms. The molecule has 0 atom stereocenters. The van der Waals surface area contributed by atoms with Crippen molar-refractivity contribution in [3.8, 4) is 0 Å². The van der Waals surface area contributed by atoms with Crippen LogP contribution < -0.4 is 10.0 Å². The Morgan fingerprint density at radius 3 is 2.16 bits per heavy atom. The fraction of sp³-hybridized carbons (Fsp3) is 0.538. The van der Waals surface area contributed by atoms with Gasteiger partial charge in [-0.1, -0.05) is 32.9 Å². The third-order valence-electron chi connectivity index (χ3n) is 2.94. The fourth-order valence-corrected chi connectivity index (χ4v) is 3.73. The van der Waals surface area contributed by atoms with Crippen molar-refractivity contribution in [3.05, 3.63) is 24.3 Å². The number of anilines is 2. The minimum Gasteiger partial charge on any atom is -0.397 e. The van der Waals surface area contributed by atoms with Crippen LogP contribution in [0.1, 0.15) is 27.2 Å². The highest BCUT2D eigenvalue weighted by Crippen LogP contribution is 2.26. The van der Waals surface area contributed by atoms with E-state index in [1.807, 2.05) is 20.8 Å². The molecule has 0 unspecified atom stereocenters. The van der Waals surface area contributed by atoms with Gasteiger partial charge in [0.05, 0.1) is 11.4 Å². The smallest absolute Gasteiger partial charge is 0.304 e. The summed E-state index contributed by atoms with van der Waals surface area (Å²) in [6.45, 7) is 6.94. The standard InChI is InChI=1S/C13H23N3O2S/c1-4-11-16(13-10-8-7-9-12(13)14)19(17,18)15(5-2)6-3/h7-10H,4-6,11,14H2,1-3H3. The lowest BCUT2D eigenvalue weighted by molar-refractivity contribution is 0.441. The van der Waals surface area contributed by atoms with Gasteiger partial charge in [-0.15, -0.1) is 0 Å². The summed E-state index contributed by atoms with van der Waals surface area (Å²) >= 11 is 0. The van der Waals surface area contributed by atoms with Crippen molar-refractivity contribution in [2.24, 2.45) is 0 Å². The zero-order chi connectivity index (χ0) is 14.5. The van der Waals surface area contributed by atoms with Crippen LogP contribution in [0.5, 0.6) is 0 Å². The van der Waals surface area contributed by atoms with Crippen molar-refractivity contribution in [3.63, 3.8) is 0 Å². The van der Waals surface area contributed by atoms with Crippen molar-refractivity contribution < 1.29 is 8.42 Å². The van der Waals surface area contributed by atoms with E-state index < -0.39 is 10.2 Å². The summed E-state index contributed by atoms with van der Waals surface area (Å²) in [5.41, 5.74) is 6.94. The molecule has 6 heteroatoms. The summed E-state index contributed by atoms with van der Waals surface area (Å²) in [6.07, 6.45) is 0.731. The first-order valence-corrected chi connectivity index (χ1v) is 8.01. The van der Waals surface area contributed by atoms with Gasteiger partial charge in [-0.3, -0.25) is 4.31 Å². The summed E-state index contributed by atoms with van der Waals surface area (Å²) < 4.78 is 28.1. The normalized spacial score (nSPS) is 11.8. The molecule has 0 spiro atoms. The molecule has 0 saturated heterocycles. The monoisotopic (exact) mass is 285 g/mol. The first-order valence-electron chi connectivity index (χ1n) is 6.61. The van der Waals surface area contributed by atoms with Crippen molar-refractivity contribution in [2.45, 2.75) is 27.2 Å². The van der Waals surface area contributed by atoms with Gasteiger partial charge >= 0.3 is 10.2 Å². The predicted octanol–water partition coefficient (Wildman–Crippen LogP) is 2.07. The Kier molecular flexibility index (Phi) is 5.62. The lowest BCUT2D eigenvalue weighted by atomic mass is 10.2. The van der Waals surface area contributed by atoms with Crippen molar-refractivity contribution in [1.29, 1.82) is 0 Å². The highest BCUT2D eigenvalue weighted by molar-refractivity contribution is 7.90. The molecule has 1 aromatic carbocycles. The molecule has 0 aliphatic rings. The molecular formula is C13H23N3O2S. The maximum atomic E-state index is 12.6. The number of para-hydroxylation sites is 2. The number of nitrogens with zero attached hydrogens (tertiary/aromatic N) is 2. The van der Waals surface area contributed by atoms with E-state index in [-0.39, 0.29) is 0 Å². The van der Waals surface area contributed by atoms with E-state index in [2.05, 4.69) is 0 Å². The molecule has 0 saturated carbocycles. The van der Waals surface area contributed by atoms with E-state index in [9.17, 15) is 8.42 Å². The van der Waals surface area contributed by atoms with Crippen LogP contribution >= 0.6 is 0 Å². The van der Waals surface area contributed by atoms with E-state index in [1.54, 1.807) is 24.3 Å². The average Bonchev–Trinajstić information content (AvgIpc) is 2.38. The van der Waals surface area contributed by atoms with Crippen LogP contribution in [0.3, 0.4) is 0 Å². The van der Waals surface area contributed by atoms with Crippen LogP contribution in [-0.4, -0.2) is 32.4 Å². The Hall–Kier alpha value is -1.27. The Morgan fingerprint density at radius 2 is 1.68 bits per heavy atom. The summed E-state index contributed by atoms with van der Waals surface area (Å²) in [7, 11) is -3.51. The van der Waals surface area contributed by atoms with Crippen molar-refractivity contribution in [2.75, 3.05) is 29.7 Å². The van der Waals surface area contributed by atoms with E-state index in [0.717, 1.165) is 6.42 Å². The summed E-state index contributed by atoms with van der Waals surface area (Å²) in [6, 6.07) is 7.06. The van der Waals surface area contributed by atoms with Gasteiger partial charge in [0.15, 0.2) is 0 Å². The van der Waals surface area contributed by atoms with E-state index in [1.165, 1.54) is 8.61 Å². The van der Waals surface area contributed by atoms with Gasteiger partial charge in [-0.05, 0) is 18.6 Å². The molecule has 2 N–H and O–H groups in total. The predicted molar refractivity (Wildman–Crippen MR) is 80.3 cm³/mol. The van der Waals surface area contributed by atoms with Crippen molar-refractivity contribution in [1.82, 2.24) is 4.31 Å². The minimum absolute atomic E-state index is 0.424. The Bertz CT molecular complexity index is 498. The molecule has 0 aromatic heterocycles. The first kappa shape index (κ1) is 15.8. The van der Waals surface area contributed by atoms with Crippen LogP contribution in [0.2, 0.25) is 0 Å². The van der Waals surface area contributed by atoms with Crippen LogP contribution in [0.4, 0.5) is 11.4 Å². The molecule has 0 aliphatic carbocycles. The molecule has 0 heterocycles. The highest BCUT2D eigenvalue weighted by Gasteiger charge is 2.28. The number of nitrogen functional groups attached to an aromatic ring is 1. The third kappa shape index (κ3) is 3.39. The quantitative estimate of drug-likeness (QED) is 0.780. The molecule has 1 rings (SSSR count). The molecule has 0 amide bonds. The Labute approximate surface area is 116 Å². The largest absolute Gasteiger partial charge is 0.397 e. The van der Waals surface area contributed by atoms with Crippen LogP contribution in [0.25, 0.3) is 0 Å². The lowest BCUT2D eigenvalue weighted by Crippen LogP contribution is -2.44. The van der Waals surface area contributed by atoms with E-state index in [4.69, 9.17) is 5.73 Å². The second kappa shape index (κ2) is 6.77. The maximum Gasteiger partial charge on any atom is 0.304 e. The van der Waals surface area contributed by atoms with Crippen LogP contribution in [0.15, 0.2) is 24.3 Å². The second-order valence-electron chi connectivity index (χ2n) is 4.22. The molecule has 5 nitrogen and oxygen atoms in total. The Morgan fingerprint density at radius 1 is 1.11 bits per heavy atom. The first-order chi connectivity index (χ1) is 8.98. The molecule has 0 fully saturated rings. The van der Waals surface area contributed by atoms with Crippen LogP contribution in [-0.2, 0) is 10.2 Å². The number of hydrogen-bond acceptors (Lipinski definition) is 3. The highest BCUT2D eigenvalue weighted by atomic mass is 32.2. The zero-order valence-electron chi connectivity index (χ0n) is 11.8. The van der Waals surface area contributed by atoms with E-state index >= 15 is 0 Å². The van der Waals surface area contributed by atoms with Gasteiger partial charge in [0.2, 0.25) is 0 Å². The van der Waals surface area contributed by atoms with Gasteiger partial charge in [-0.2, -0.15) is 12.7 Å². The summed E-state index contributed by atoms with van der Waals surface area (Å²) in [5.74, 6) is 0. The topological polar surface area (TPSA) is 66.6 Å². The number of hydrogen-bond donors (Lipinski definition) is 1. The SMILES string of the molecule is CCCN(c1ccccc1N)S(=O)(=O)N(CC)CC. The average molecular weight is 285 g/mol. The molecular weight excluding hydrogens is 262 g/mol. The molecule has 1 aromatic rings. The van der Waals surface area contributed by atoms with Crippen molar-refractivity contribution >= 4 is 21.6 Å². The third-order valence-corrected chi connectivity index (χ3v) is 5.05. The molecule has 108 valence electrons. The summed E-state index contributed by atoms with van der Waals surface area (Å²) in [4.78, 5) is 0. The minimum atomic E-state index is -3.51. The van der Waals surface area contributed by atoms with Gasteiger partial charge < -0.3 is 5.73 Å². The van der Waals surface area contributed by atoms with E-state index in [0.29, 0.717) is 31.0 Å². The second-order valence-corrected chi connectivity index (χ2v) is 6.08. The Balaban J connectivity index is 3.25. The number of rotatable bonds is 7. The fourth-order valence-electron chi connectivity index (χ4n) is 1.97. The zero-order valence-corrected chi connectivity index (χ0v) is 12.7. The molecule has 0 radical (unpaired) electrons. The van der Waals surface area contributed by atoms with Gasteiger partial charge in [0.25, 0.3) is 0 Å². The lowest BCUT2D eigenvalue weighted by Gasteiger charge is -2.30. The van der Waals surface area contributed by atoms with Gasteiger partial charge in [-0.25, -0.2) is 0 Å². The number of nitrogens with two attached hydrogens (primary N) is 1. The molecule has 0 bridgehead atoms. The van der Waals surface area contributed by atoms with Gasteiger partial charge in [0, 0.05) is 19.6 Å².